The minimum atomic E-state index is -4.07. The van der Waals surface area contributed by atoms with Gasteiger partial charge in [0, 0.05) is 25.3 Å². The van der Waals surface area contributed by atoms with Crippen molar-refractivity contribution in [3.8, 4) is 5.75 Å². The molecular weight excluding hydrogens is 705 g/mol. The Labute approximate surface area is 293 Å². The van der Waals surface area contributed by atoms with Gasteiger partial charge in [0.25, 0.3) is 20.0 Å². The average Bonchev–Trinajstić information content (AvgIpc) is 3.05. The van der Waals surface area contributed by atoms with Crippen molar-refractivity contribution in [2.45, 2.75) is 55.2 Å². The van der Waals surface area contributed by atoms with E-state index in [-0.39, 0.29) is 26.1 Å². The Balaban J connectivity index is 0.000000305. The van der Waals surface area contributed by atoms with Crippen LogP contribution in [0.5, 0.6) is 5.75 Å². The van der Waals surface area contributed by atoms with E-state index in [0.717, 1.165) is 33.8 Å². The minimum Gasteiger partial charge on any atom is -0.379 e. The topological polar surface area (TPSA) is 185 Å². The molecule has 0 aliphatic carbocycles. The molecule has 0 saturated carbocycles. The first-order valence-electron chi connectivity index (χ1n) is 15.3. The van der Waals surface area contributed by atoms with Crippen LogP contribution >= 0.6 is 0 Å². The second-order valence-electron chi connectivity index (χ2n) is 11.1. The Morgan fingerprint density at radius 1 is 0.700 bits per heavy atom. The van der Waals surface area contributed by atoms with E-state index >= 15 is 0 Å². The smallest absolute Gasteiger partial charge is 0.339 e. The zero-order valence-corrected chi connectivity index (χ0v) is 30.7. The van der Waals surface area contributed by atoms with Gasteiger partial charge in [0.1, 0.15) is 10.6 Å². The SMILES string of the molecule is CCCCNC(=O)N(C)S(=O)(=O)c1ccc(C)cc1.Cc1ccc(S(=O)(=O)NC(=O)Nc2cccc(OS(=O)(=O)c3ccc(C)cc3)c2)cc1. The third-order valence-electron chi connectivity index (χ3n) is 6.94. The van der Waals surface area contributed by atoms with Crippen LogP contribution in [0.1, 0.15) is 36.5 Å². The Bertz CT molecular complexity index is 2100. The highest BCUT2D eigenvalue weighted by atomic mass is 32.2. The number of hydrogen-bond acceptors (Lipinski definition) is 9. The van der Waals surface area contributed by atoms with Crippen LogP contribution < -0.4 is 19.5 Å². The summed E-state index contributed by atoms with van der Waals surface area (Å²) in [6.45, 7) is 7.99. The van der Waals surface area contributed by atoms with E-state index < -0.39 is 42.2 Å². The molecule has 268 valence electrons. The highest BCUT2D eigenvalue weighted by Gasteiger charge is 2.25. The van der Waals surface area contributed by atoms with Crippen LogP contribution in [0.2, 0.25) is 0 Å². The van der Waals surface area contributed by atoms with E-state index in [4.69, 9.17) is 4.18 Å². The standard InChI is InChI=1S/C21H20N2O6S2.C13H20N2O3S/c1-15-6-10-19(11-7-15)30(25,26)23-21(24)22-17-4-3-5-18(14-17)29-31(27,28)20-12-8-16(2)9-13-20;1-4-5-10-14-13(16)15(3)19(17,18)12-8-6-11(2)7-9-12/h3-14H,1-2H3,(H2,22,23,24);6-9H,4-5,10H2,1-3H3,(H,14,16). The van der Waals surface area contributed by atoms with Gasteiger partial charge in [-0.25, -0.2) is 35.5 Å². The van der Waals surface area contributed by atoms with Crippen molar-refractivity contribution >= 4 is 47.9 Å². The molecule has 50 heavy (non-hydrogen) atoms. The van der Waals surface area contributed by atoms with Crippen LogP contribution in [0.25, 0.3) is 0 Å². The van der Waals surface area contributed by atoms with Gasteiger partial charge in [0.15, 0.2) is 0 Å². The second-order valence-corrected chi connectivity index (χ2v) is 16.3. The summed E-state index contributed by atoms with van der Waals surface area (Å²) in [7, 11) is -10.6. The number of sulfonamides is 2. The van der Waals surface area contributed by atoms with E-state index in [2.05, 4.69) is 10.6 Å². The number of urea groups is 2. The predicted octanol–water partition coefficient (Wildman–Crippen LogP) is 5.71. The molecule has 3 N–H and O–H groups in total. The van der Waals surface area contributed by atoms with Gasteiger partial charge in [-0.2, -0.15) is 8.42 Å². The summed E-state index contributed by atoms with van der Waals surface area (Å²) in [5.41, 5.74) is 2.89. The molecule has 13 nitrogen and oxygen atoms in total. The van der Waals surface area contributed by atoms with E-state index in [1.54, 1.807) is 36.4 Å². The molecule has 0 fully saturated rings. The van der Waals surface area contributed by atoms with Crippen LogP contribution in [0.3, 0.4) is 0 Å². The largest absolute Gasteiger partial charge is 0.379 e. The highest BCUT2D eigenvalue weighted by Crippen LogP contribution is 2.23. The van der Waals surface area contributed by atoms with Crippen molar-refractivity contribution in [2.75, 3.05) is 18.9 Å². The maximum Gasteiger partial charge on any atom is 0.339 e. The molecule has 0 bridgehead atoms. The molecule has 0 unspecified atom stereocenters. The molecule has 4 aromatic carbocycles. The van der Waals surface area contributed by atoms with Crippen LogP contribution in [-0.2, 0) is 30.2 Å². The summed E-state index contributed by atoms with van der Waals surface area (Å²) in [6.07, 6.45) is 1.76. The van der Waals surface area contributed by atoms with Gasteiger partial charge < -0.3 is 14.8 Å². The van der Waals surface area contributed by atoms with Gasteiger partial charge >= 0.3 is 22.2 Å². The summed E-state index contributed by atoms with van der Waals surface area (Å²) in [4.78, 5) is 23.9. The van der Waals surface area contributed by atoms with Crippen molar-refractivity contribution in [1.82, 2.24) is 14.3 Å². The first-order valence-corrected chi connectivity index (χ1v) is 19.6. The lowest BCUT2D eigenvalue weighted by atomic mass is 10.2. The van der Waals surface area contributed by atoms with Gasteiger partial charge in [-0.1, -0.05) is 72.5 Å². The van der Waals surface area contributed by atoms with E-state index in [0.29, 0.717) is 6.54 Å². The number of aryl methyl sites for hydroxylation is 3. The minimum absolute atomic E-state index is 0.0154. The number of hydrogen-bond donors (Lipinski definition) is 3. The fourth-order valence-corrected chi connectivity index (χ4v) is 6.93. The zero-order valence-electron chi connectivity index (χ0n) is 28.2. The summed E-state index contributed by atoms with van der Waals surface area (Å²) >= 11 is 0. The number of rotatable bonds is 11. The fourth-order valence-electron chi connectivity index (χ4n) is 4.02. The molecule has 0 atom stereocenters. The van der Waals surface area contributed by atoms with Crippen LogP contribution in [0.15, 0.2) is 112 Å². The van der Waals surface area contributed by atoms with E-state index in [1.807, 2.05) is 32.4 Å². The Morgan fingerprint density at radius 2 is 1.20 bits per heavy atom. The molecule has 0 heterocycles. The van der Waals surface area contributed by atoms with Crippen molar-refractivity contribution in [3.63, 3.8) is 0 Å². The van der Waals surface area contributed by atoms with Crippen LogP contribution in [0, 0.1) is 20.8 Å². The highest BCUT2D eigenvalue weighted by molar-refractivity contribution is 7.90. The molecule has 0 aliphatic heterocycles. The van der Waals surface area contributed by atoms with Crippen molar-refractivity contribution in [1.29, 1.82) is 0 Å². The summed E-state index contributed by atoms with van der Waals surface area (Å²) in [5, 5.41) is 4.93. The fraction of sp³-hybridized carbons (Fsp3) is 0.235. The molecule has 0 aromatic heterocycles. The van der Waals surface area contributed by atoms with Crippen molar-refractivity contribution < 1.29 is 39.0 Å². The molecule has 0 spiro atoms. The predicted molar refractivity (Wildman–Crippen MR) is 190 cm³/mol. The molecule has 0 saturated heterocycles. The Kier molecular flexibility index (Phi) is 13.5. The Morgan fingerprint density at radius 3 is 1.72 bits per heavy atom. The Hall–Kier alpha value is -4.93. The van der Waals surface area contributed by atoms with Gasteiger partial charge in [-0.05, 0) is 75.7 Å². The maximum absolute atomic E-state index is 12.4. The monoisotopic (exact) mass is 744 g/mol. The lowest BCUT2D eigenvalue weighted by Crippen LogP contribution is -2.41. The van der Waals surface area contributed by atoms with Crippen molar-refractivity contribution in [2.24, 2.45) is 0 Å². The van der Waals surface area contributed by atoms with Gasteiger partial charge in [-0.15, -0.1) is 0 Å². The second kappa shape index (κ2) is 17.1. The molecular formula is C34H40N4O9S3. The lowest BCUT2D eigenvalue weighted by Gasteiger charge is -2.18. The van der Waals surface area contributed by atoms with Crippen LogP contribution in [-0.4, -0.2) is 55.2 Å². The van der Waals surface area contributed by atoms with Crippen LogP contribution in [0.4, 0.5) is 15.3 Å². The summed E-state index contributed by atoms with van der Waals surface area (Å²) in [6, 6.07) is 22.5. The lowest BCUT2D eigenvalue weighted by molar-refractivity contribution is 0.228. The maximum atomic E-state index is 12.4. The third kappa shape index (κ3) is 11.3. The first-order chi connectivity index (χ1) is 23.4. The number of unbranched alkanes of at least 4 members (excludes halogenated alkanes) is 1. The number of anilines is 1. The number of nitrogens with zero attached hydrogens (tertiary/aromatic N) is 1. The summed E-state index contributed by atoms with van der Waals surface area (Å²) < 4.78 is 81.6. The van der Waals surface area contributed by atoms with Gasteiger partial charge in [0.05, 0.1) is 9.79 Å². The first kappa shape index (κ1) is 39.5. The normalized spacial score (nSPS) is 11.4. The third-order valence-corrected chi connectivity index (χ3v) is 11.3. The van der Waals surface area contributed by atoms with Crippen molar-refractivity contribution in [3.05, 3.63) is 114 Å². The molecule has 4 rings (SSSR count). The summed E-state index contributed by atoms with van der Waals surface area (Å²) in [5.74, 6) is -0.0419. The number of carbonyl (C=O) groups excluding carboxylic acids is 2. The number of benzene rings is 4. The molecule has 0 radical (unpaired) electrons. The molecule has 4 amide bonds. The van der Waals surface area contributed by atoms with E-state index in [9.17, 15) is 34.8 Å². The number of carbonyl (C=O) groups is 2. The van der Waals surface area contributed by atoms with Gasteiger partial charge in [0.2, 0.25) is 0 Å². The van der Waals surface area contributed by atoms with Gasteiger partial charge in [-0.3, -0.25) is 0 Å². The molecule has 16 heteroatoms. The number of nitrogens with one attached hydrogen (secondary N) is 3. The average molecular weight is 745 g/mol. The quantitative estimate of drug-likeness (QED) is 0.128. The van der Waals surface area contributed by atoms with E-state index in [1.165, 1.54) is 67.7 Å². The molecule has 4 aromatic rings. The zero-order chi connectivity index (χ0) is 37.1. The number of amides is 4. The molecule has 0 aliphatic rings.